The van der Waals surface area contributed by atoms with E-state index in [1.54, 1.807) is 20.8 Å². The second-order valence-corrected chi connectivity index (χ2v) is 3.92. The van der Waals surface area contributed by atoms with E-state index in [2.05, 4.69) is 15.6 Å². The number of amides is 1. The number of hydrogen-bond acceptors (Lipinski definition) is 5. The van der Waals surface area contributed by atoms with Gasteiger partial charge in [-0.2, -0.15) is 5.48 Å². The molecule has 0 unspecified atom stereocenters. The normalized spacial score (nSPS) is 10.7. The molecule has 15 heavy (non-hydrogen) atoms. The van der Waals surface area contributed by atoms with Crippen LogP contribution in [0, 0.1) is 0 Å². The molecule has 0 bridgehead atoms. The van der Waals surface area contributed by atoms with Gasteiger partial charge >= 0.3 is 12.1 Å². The first-order valence-corrected chi connectivity index (χ1v) is 4.68. The Hall–Kier alpha value is -1.30. The molecule has 0 rings (SSSR count). The van der Waals surface area contributed by atoms with Gasteiger partial charge in [0.1, 0.15) is 5.60 Å². The molecule has 0 heterocycles. The average Bonchev–Trinajstić information content (AvgIpc) is 1.99. The van der Waals surface area contributed by atoms with Crippen LogP contribution in [-0.2, 0) is 14.4 Å². The van der Waals surface area contributed by atoms with Crippen LogP contribution < -0.4 is 10.8 Å². The maximum absolute atomic E-state index is 11.1. The van der Waals surface area contributed by atoms with E-state index in [-0.39, 0.29) is 0 Å². The van der Waals surface area contributed by atoms with Gasteiger partial charge in [0.25, 0.3) is 0 Å². The largest absolute Gasteiger partial charge is 0.444 e. The van der Waals surface area contributed by atoms with E-state index in [1.165, 1.54) is 6.92 Å². The molecule has 0 spiro atoms. The van der Waals surface area contributed by atoms with Crippen molar-refractivity contribution in [1.82, 2.24) is 10.8 Å². The first kappa shape index (κ1) is 13.7. The molecular formula is C9H18N2O4. The molecule has 88 valence electrons. The van der Waals surface area contributed by atoms with Crippen LogP contribution in [0.3, 0.4) is 0 Å². The average molecular weight is 218 g/mol. The summed E-state index contributed by atoms with van der Waals surface area (Å²) in [7, 11) is 0. The fraction of sp³-hybridized carbons (Fsp3) is 0.778. The molecular weight excluding hydrogens is 200 g/mol. The predicted octanol–water partition coefficient (Wildman–Crippen LogP) is 0.579. The molecule has 0 saturated carbocycles. The lowest BCUT2D eigenvalue weighted by molar-refractivity contribution is -0.148. The highest BCUT2D eigenvalue weighted by molar-refractivity contribution is 5.67. The lowest BCUT2D eigenvalue weighted by Gasteiger charge is -2.19. The van der Waals surface area contributed by atoms with Crippen molar-refractivity contribution >= 4 is 12.1 Å². The van der Waals surface area contributed by atoms with E-state index in [9.17, 15) is 9.59 Å². The van der Waals surface area contributed by atoms with Crippen molar-refractivity contribution in [2.24, 2.45) is 0 Å². The summed E-state index contributed by atoms with van der Waals surface area (Å²) in [5, 5.41) is 2.50. The minimum atomic E-state index is -0.507. The number of hydrogen-bond donors (Lipinski definition) is 2. The van der Waals surface area contributed by atoms with Gasteiger partial charge < -0.3 is 14.9 Å². The Bertz CT molecular complexity index is 223. The molecule has 0 saturated heterocycles. The predicted molar refractivity (Wildman–Crippen MR) is 54.0 cm³/mol. The highest BCUT2D eigenvalue weighted by atomic mass is 16.7. The van der Waals surface area contributed by atoms with Crippen molar-refractivity contribution in [3.8, 4) is 0 Å². The summed E-state index contributed by atoms with van der Waals surface area (Å²) in [6.07, 6.45) is -0.493. The van der Waals surface area contributed by atoms with E-state index >= 15 is 0 Å². The van der Waals surface area contributed by atoms with Crippen molar-refractivity contribution in [2.45, 2.75) is 33.3 Å². The molecule has 0 atom stereocenters. The molecule has 0 aromatic carbocycles. The topological polar surface area (TPSA) is 76.7 Å². The molecule has 0 fully saturated rings. The first-order valence-electron chi connectivity index (χ1n) is 4.68. The Morgan fingerprint density at radius 3 is 2.27 bits per heavy atom. The van der Waals surface area contributed by atoms with Crippen LogP contribution in [0.2, 0.25) is 0 Å². The highest BCUT2D eigenvalue weighted by Gasteiger charge is 2.15. The molecule has 1 amide bonds. The SMILES string of the molecule is CC(=O)ONCCNC(=O)OC(C)(C)C. The number of alkyl carbamates (subject to hydrolysis) is 1. The maximum Gasteiger partial charge on any atom is 0.407 e. The molecule has 6 nitrogen and oxygen atoms in total. The van der Waals surface area contributed by atoms with Crippen LogP contribution in [0.5, 0.6) is 0 Å². The van der Waals surface area contributed by atoms with Gasteiger partial charge in [-0.15, -0.1) is 0 Å². The molecule has 0 aliphatic carbocycles. The molecule has 2 N–H and O–H groups in total. The number of nitrogens with one attached hydrogen (secondary N) is 2. The summed E-state index contributed by atoms with van der Waals surface area (Å²) in [6, 6.07) is 0. The minimum absolute atomic E-state index is 0.322. The van der Waals surface area contributed by atoms with Crippen LogP contribution in [-0.4, -0.2) is 30.8 Å². The zero-order valence-electron chi connectivity index (χ0n) is 9.55. The smallest absolute Gasteiger partial charge is 0.407 e. The maximum atomic E-state index is 11.1. The van der Waals surface area contributed by atoms with Crippen LogP contribution in [0.25, 0.3) is 0 Å². The van der Waals surface area contributed by atoms with Gasteiger partial charge in [0, 0.05) is 20.0 Å². The Balaban J connectivity index is 3.44. The van der Waals surface area contributed by atoms with E-state index in [4.69, 9.17) is 4.74 Å². The van der Waals surface area contributed by atoms with Crippen LogP contribution in [0.1, 0.15) is 27.7 Å². The Morgan fingerprint density at radius 2 is 1.80 bits per heavy atom. The zero-order valence-corrected chi connectivity index (χ0v) is 9.55. The molecule has 0 aromatic rings. The molecule has 0 aromatic heterocycles. The number of ether oxygens (including phenoxy) is 1. The van der Waals surface area contributed by atoms with Crippen LogP contribution in [0.4, 0.5) is 4.79 Å². The molecule has 0 aliphatic heterocycles. The second kappa shape index (κ2) is 6.23. The standard InChI is InChI=1S/C9H18N2O4/c1-7(12)15-11-6-5-10-8(13)14-9(2,3)4/h11H,5-6H2,1-4H3,(H,10,13). The number of carbonyl (C=O) groups excluding carboxylic acids is 2. The summed E-state index contributed by atoms with van der Waals surface area (Å²) < 4.78 is 4.98. The van der Waals surface area contributed by atoms with E-state index < -0.39 is 17.7 Å². The third-order valence-corrected chi connectivity index (χ3v) is 1.11. The molecule has 0 aliphatic rings. The number of rotatable bonds is 4. The van der Waals surface area contributed by atoms with Crippen LogP contribution in [0.15, 0.2) is 0 Å². The second-order valence-electron chi connectivity index (χ2n) is 3.92. The van der Waals surface area contributed by atoms with Crippen molar-refractivity contribution < 1.29 is 19.2 Å². The quantitative estimate of drug-likeness (QED) is 0.533. The van der Waals surface area contributed by atoms with Gasteiger partial charge in [0.05, 0.1) is 0 Å². The third-order valence-electron chi connectivity index (χ3n) is 1.11. The minimum Gasteiger partial charge on any atom is -0.444 e. The van der Waals surface area contributed by atoms with E-state index in [0.29, 0.717) is 13.1 Å². The summed E-state index contributed by atoms with van der Waals surface area (Å²) in [4.78, 5) is 25.9. The fourth-order valence-electron chi connectivity index (χ4n) is 0.682. The lowest BCUT2D eigenvalue weighted by Crippen LogP contribution is -2.36. The molecule has 0 radical (unpaired) electrons. The van der Waals surface area contributed by atoms with Crippen molar-refractivity contribution in [3.63, 3.8) is 0 Å². The third kappa shape index (κ3) is 10.6. The van der Waals surface area contributed by atoms with Gasteiger partial charge in [-0.1, -0.05) is 0 Å². The lowest BCUT2D eigenvalue weighted by atomic mass is 10.2. The summed E-state index contributed by atoms with van der Waals surface area (Å²) >= 11 is 0. The van der Waals surface area contributed by atoms with Crippen molar-refractivity contribution in [3.05, 3.63) is 0 Å². The van der Waals surface area contributed by atoms with Gasteiger partial charge in [-0.3, -0.25) is 4.79 Å². The van der Waals surface area contributed by atoms with Gasteiger partial charge in [0.2, 0.25) is 0 Å². The molecule has 6 heteroatoms. The Labute approximate surface area is 89.3 Å². The fourth-order valence-corrected chi connectivity index (χ4v) is 0.682. The van der Waals surface area contributed by atoms with E-state index in [1.807, 2.05) is 0 Å². The van der Waals surface area contributed by atoms with Crippen molar-refractivity contribution in [2.75, 3.05) is 13.1 Å². The summed E-state index contributed by atoms with van der Waals surface area (Å²) in [5.74, 6) is -0.424. The zero-order chi connectivity index (χ0) is 11.9. The highest BCUT2D eigenvalue weighted by Crippen LogP contribution is 2.05. The Kier molecular flexibility index (Phi) is 5.69. The van der Waals surface area contributed by atoms with Crippen LogP contribution >= 0.6 is 0 Å². The van der Waals surface area contributed by atoms with Crippen molar-refractivity contribution in [1.29, 1.82) is 0 Å². The van der Waals surface area contributed by atoms with Gasteiger partial charge in [-0.05, 0) is 20.8 Å². The van der Waals surface area contributed by atoms with Gasteiger partial charge in [-0.25, -0.2) is 4.79 Å². The number of carbonyl (C=O) groups is 2. The number of hydroxylamine groups is 1. The summed E-state index contributed by atoms with van der Waals surface area (Å²) in [6.45, 7) is 7.28. The first-order chi connectivity index (χ1) is 6.81. The van der Waals surface area contributed by atoms with Gasteiger partial charge in [0.15, 0.2) is 0 Å². The van der Waals surface area contributed by atoms with E-state index in [0.717, 1.165) is 0 Å². The monoisotopic (exact) mass is 218 g/mol. The Morgan fingerprint density at radius 1 is 1.20 bits per heavy atom. The summed E-state index contributed by atoms with van der Waals surface area (Å²) in [5.41, 5.74) is 1.88.